The van der Waals surface area contributed by atoms with E-state index in [1.54, 1.807) is 12.1 Å². The van der Waals surface area contributed by atoms with E-state index in [0.717, 1.165) is 0 Å². The summed E-state index contributed by atoms with van der Waals surface area (Å²) >= 11 is 0. The lowest BCUT2D eigenvalue weighted by atomic mass is 10.1. The topological polar surface area (TPSA) is 91.2 Å². The second-order valence-corrected chi connectivity index (χ2v) is 4.89. The number of fused-ring (bicyclic) bond motifs is 1. The zero-order valence-corrected chi connectivity index (χ0v) is 11.7. The molecule has 0 aliphatic heterocycles. The Hall–Kier alpha value is -3.15. The van der Waals surface area contributed by atoms with Crippen LogP contribution in [0, 0.1) is 17.3 Å². The average Bonchev–Trinajstić information content (AvgIpc) is 2.53. The first-order valence-corrected chi connectivity index (χ1v) is 6.59. The standard InChI is InChI=1S/C16H12N2O4/c1-10-15(16(20)11-5-4-6-12(19)9-11)18(22)14-8-3-2-7-13(14)17(10)21/h2-9,19H,1H3. The third kappa shape index (κ3) is 2.01. The molecule has 0 unspecified atom stereocenters. The van der Waals surface area contributed by atoms with Crippen LogP contribution in [0.5, 0.6) is 5.75 Å². The molecule has 0 saturated carbocycles. The minimum Gasteiger partial charge on any atom is -0.618 e. The number of phenolic OH excluding ortho intramolecular Hbond substituents is 1. The van der Waals surface area contributed by atoms with Crippen LogP contribution in [0.1, 0.15) is 21.7 Å². The van der Waals surface area contributed by atoms with Gasteiger partial charge in [-0.1, -0.05) is 24.3 Å². The fourth-order valence-electron chi connectivity index (χ4n) is 2.39. The molecule has 0 spiro atoms. The molecular formula is C16H12N2O4. The quantitative estimate of drug-likeness (QED) is 0.439. The summed E-state index contributed by atoms with van der Waals surface area (Å²) in [7, 11) is 0. The normalized spacial score (nSPS) is 10.8. The number of nitrogens with zero attached hydrogens (tertiary/aromatic N) is 2. The number of aromatic hydroxyl groups is 1. The molecule has 0 amide bonds. The first-order valence-electron chi connectivity index (χ1n) is 6.59. The summed E-state index contributed by atoms with van der Waals surface area (Å²) < 4.78 is 1.03. The van der Waals surface area contributed by atoms with E-state index < -0.39 is 5.78 Å². The molecule has 0 bridgehead atoms. The van der Waals surface area contributed by atoms with Gasteiger partial charge in [0, 0.05) is 24.6 Å². The van der Waals surface area contributed by atoms with Gasteiger partial charge in [-0.2, -0.15) is 9.46 Å². The number of hydrogen-bond acceptors (Lipinski definition) is 4. The van der Waals surface area contributed by atoms with Crippen LogP contribution in [0.4, 0.5) is 0 Å². The molecule has 1 heterocycles. The second-order valence-electron chi connectivity index (χ2n) is 4.89. The van der Waals surface area contributed by atoms with Crippen LogP contribution in [-0.4, -0.2) is 10.9 Å². The van der Waals surface area contributed by atoms with Gasteiger partial charge < -0.3 is 15.5 Å². The van der Waals surface area contributed by atoms with Crippen LogP contribution in [0.25, 0.3) is 11.0 Å². The van der Waals surface area contributed by atoms with E-state index in [2.05, 4.69) is 0 Å². The van der Waals surface area contributed by atoms with Crippen LogP contribution in [-0.2, 0) is 0 Å². The number of para-hydroxylation sites is 2. The number of benzene rings is 2. The minimum atomic E-state index is -0.612. The van der Waals surface area contributed by atoms with Crippen LogP contribution in [0.2, 0.25) is 0 Å². The van der Waals surface area contributed by atoms with E-state index in [1.807, 2.05) is 0 Å². The average molecular weight is 296 g/mol. The predicted molar refractivity (Wildman–Crippen MR) is 78.1 cm³/mol. The number of ketones is 1. The van der Waals surface area contributed by atoms with Gasteiger partial charge in [0.1, 0.15) is 5.75 Å². The summed E-state index contributed by atoms with van der Waals surface area (Å²) in [6.45, 7) is 1.42. The fourth-order valence-corrected chi connectivity index (χ4v) is 2.39. The maximum Gasteiger partial charge on any atom is 0.333 e. The molecular weight excluding hydrogens is 284 g/mol. The van der Waals surface area contributed by atoms with Crippen LogP contribution in [0.3, 0.4) is 0 Å². The summed E-state index contributed by atoms with van der Waals surface area (Å²) in [5.74, 6) is -0.699. The van der Waals surface area contributed by atoms with Gasteiger partial charge in [-0.3, -0.25) is 4.79 Å². The van der Waals surface area contributed by atoms with Gasteiger partial charge in [0.25, 0.3) is 22.5 Å². The van der Waals surface area contributed by atoms with Crippen molar-refractivity contribution in [2.75, 3.05) is 0 Å². The fraction of sp³-hybridized carbons (Fsp3) is 0.0625. The van der Waals surface area contributed by atoms with Crippen LogP contribution >= 0.6 is 0 Å². The van der Waals surface area contributed by atoms with E-state index in [-0.39, 0.29) is 33.7 Å². The first kappa shape index (κ1) is 13.8. The molecule has 3 aromatic rings. The molecule has 22 heavy (non-hydrogen) atoms. The Morgan fingerprint density at radius 2 is 1.64 bits per heavy atom. The van der Waals surface area contributed by atoms with E-state index >= 15 is 0 Å². The van der Waals surface area contributed by atoms with Crippen molar-refractivity contribution in [1.82, 2.24) is 0 Å². The molecule has 110 valence electrons. The molecule has 1 N–H and O–H groups in total. The van der Waals surface area contributed by atoms with Gasteiger partial charge in [0.05, 0.1) is 0 Å². The molecule has 0 saturated heterocycles. The predicted octanol–water partition coefficient (Wildman–Crippen LogP) is 1.35. The van der Waals surface area contributed by atoms with Gasteiger partial charge in [-0.15, -0.1) is 0 Å². The van der Waals surface area contributed by atoms with Gasteiger partial charge >= 0.3 is 5.69 Å². The SMILES string of the molecule is Cc1c(C(=O)c2cccc(O)c2)[n+]([O-])c2ccccc2[n+]1[O-]. The molecule has 3 rings (SSSR count). The van der Waals surface area contributed by atoms with Crippen molar-refractivity contribution in [2.24, 2.45) is 0 Å². The van der Waals surface area contributed by atoms with Crippen molar-refractivity contribution in [3.05, 3.63) is 75.9 Å². The molecule has 0 fully saturated rings. The Morgan fingerprint density at radius 3 is 2.27 bits per heavy atom. The summed E-state index contributed by atoms with van der Waals surface area (Å²) in [6.07, 6.45) is 0. The highest BCUT2D eigenvalue weighted by atomic mass is 16.5. The van der Waals surface area contributed by atoms with Crippen molar-refractivity contribution < 1.29 is 19.4 Å². The summed E-state index contributed by atoms with van der Waals surface area (Å²) in [5, 5.41) is 34.2. The Balaban J connectivity index is 2.29. The lowest BCUT2D eigenvalue weighted by molar-refractivity contribution is -0.635. The van der Waals surface area contributed by atoms with Crippen molar-refractivity contribution >= 4 is 16.8 Å². The number of aromatic nitrogens is 2. The van der Waals surface area contributed by atoms with E-state index in [1.165, 1.54) is 43.3 Å². The van der Waals surface area contributed by atoms with Gasteiger partial charge in [-0.05, 0) is 12.1 Å². The molecule has 0 aliphatic carbocycles. The van der Waals surface area contributed by atoms with E-state index in [4.69, 9.17) is 0 Å². The highest BCUT2D eigenvalue weighted by Crippen LogP contribution is 2.16. The summed E-state index contributed by atoms with van der Waals surface area (Å²) in [5.41, 5.74) is 0.221. The molecule has 0 aliphatic rings. The largest absolute Gasteiger partial charge is 0.618 e. The zero-order valence-electron chi connectivity index (χ0n) is 11.7. The molecule has 6 heteroatoms. The third-order valence-corrected chi connectivity index (χ3v) is 3.49. The van der Waals surface area contributed by atoms with Crippen molar-refractivity contribution in [1.29, 1.82) is 0 Å². The number of hydrogen-bond donors (Lipinski definition) is 1. The molecule has 2 aromatic carbocycles. The zero-order chi connectivity index (χ0) is 15.9. The Morgan fingerprint density at radius 1 is 1.00 bits per heavy atom. The van der Waals surface area contributed by atoms with E-state index in [0.29, 0.717) is 9.46 Å². The first-order chi connectivity index (χ1) is 10.5. The monoisotopic (exact) mass is 296 g/mol. The van der Waals surface area contributed by atoms with Gasteiger partial charge in [-0.25, -0.2) is 0 Å². The number of carbonyl (C=O) groups is 1. The van der Waals surface area contributed by atoms with Crippen molar-refractivity contribution in [2.45, 2.75) is 6.92 Å². The molecule has 0 atom stereocenters. The van der Waals surface area contributed by atoms with E-state index in [9.17, 15) is 20.3 Å². The number of rotatable bonds is 2. The molecule has 1 aromatic heterocycles. The lowest BCUT2D eigenvalue weighted by Gasteiger charge is -2.10. The summed E-state index contributed by atoms with van der Waals surface area (Å²) in [6, 6.07) is 11.9. The minimum absolute atomic E-state index is 0.0158. The highest BCUT2D eigenvalue weighted by molar-refractivity contribution is 6.07. The molecule has 0 radical (unpaired) electrons. The van der Waals surface area contributed by atoms with Crippen LogP contribution in [0.15, 0.2) is 48.5 Å². The van der Waals surface area contributed by atoms with Gasteiger partial charge in [0.2, 0.25) is 0 Å². The third-order valence-electron chi connectivity index (χ3n) is 3.49. The molecule has 6 nitrogen and oxygen atoms in total. The Labute approximate surface area is 125 Å². The highest BCUT2D eigenvalue weighted by Gasteiger charge is 2.31. The number of carbonyl (C=O) groups excluding carboxylic acids is 1. The smallest absolute Gasteiger partial charge is 0.333 e. The maximum atomic E-state index is 12.6. The second kappa shape index (κ2) is 5.00. The summed E-state index contributed by atoms with van der Waals surface area (Å²) in [4.78, 5) is 12.6. The van der Waals surface area contributed by atoms with Crippen molar-refractivity contribution in [3.63, 3.8) is 0 Å². The Bertz CT molecular complexity index is 906. The Kier molecular flexibility index (Phi) is 3.14. The van der Waals surface area contributed by atoms with Crippen molar-refractivity contribution in [3.8, 4) is 5.75 Å². The van der Waals surface area contributed by atoms with Gasteiger partial charge in [0.15, 0.2) is 0 Å². The maximum absolute atomic E-state index is 12.6. The van der Waals surface area contributed by atoms with Crippen LogP contribution < -0.4 is 9.46 Å². The lowest BCUT2D eigenvalue weighted by Crippen LogP contribution is -2.46. The number of phenols is 1.